The Morgan fingerprint density at radius 2 is 1.82 bits per heavy atom. The number of carbonyl (C=O) groups is 2. The molecule has 2 aromatic rings. The van der Waals surface area contributed by atoms with Gasteiger partial charge in [0, 0.05) is 24.2 Å². The van der Waals surface area contributed by atoms with E-state index < -0.39 is 22.7 Å². The number of likely N-dealkylation sites (tertiary alicyclic amines) is 1. The number of benzene rings is 2. The number of nitrogens with zero attached hydrogens (tertiary/aromatic N) is 3. The first-order valence-electron chi connectivity index (χ1n) is 11.2. The number of ketones is 1. The molecule has 9 heteroatoms. The van der Waals surface area contributed by atoms with Gasteiger partial charge in [-0.2, -0.15) is 0 Å². The van der Waals surface area contributed by atoms with Crippen molar-refractivity contribution >= 4 is 23.1 Å². The molecule has 1 aliphatic heterocycles. The van der Waals surface area contributed by atoms with Crippen LogP contribution in [-0.2, 0) is 9.59 Å². The first-order valence-corrected chi connectivity index (χ1v) is 11.2. The molecule has 0 aromatic heterocycles. The molecule has 1 atom stereocenters. The predicted octanol–water partition coefficient (Wildman–Crippen LogP) is 3.76. The quantitative estimate of drug-likeness (QED) is 0.186. The standard InChI is InChI=1S/C25H29N3O6/c1-4-26(5-2)14-7-15-27-22(17-10-12-19(13-11-17)28(32)33)21(24(30)25(27)31)23(29)18-8-6-9-20(16-18)34-3/h6,8-13,16,22,29H,4-5,7,14-15H2,1-3H3/b23-21+/t22-/m1/s1. The molecule has 0 aliphatic carbocycles. The lowest BCUT2D eigenvalue weighted by Gasteiger charge is -2.26. The second-order valence-electron chi connectivity index (χ2n) is 7.95. The molecule has 180 valence electrons. The number of aliphatic hydroxyl groups excluding tert-OH is 1. The molecule has 1 saturated heterocycles. The maximum absolute atomic E-state index is 13.1. The molecular formula is C25H29N3O6. The summed E-state index contributed by atoms with van der Waals surface area (Å²) in [6, 6.07) is 11.4. The molecule has 0 bridgehead atoms. The average molecular weight is 468 g/mol. The number of non-ortho nitro benzene ring substituents is 1. The smallest absolute Gasteiger partial charge is 0.295 e. The fraction of sp³-hybridized carbons (Fsp3) is 0.360. The zero-order valence-corrected chi connectivity index (χ0v) is 19.6. The van der Waals surface area contributed by atoms with Crippen molar-refractivity contribution in [2.24, 2.45) is 0 Å². The molecule has 3 rings (SSSR count). The average Bonchev–Trinajstić information content (AvgIpc) is 3.11. The first kappa shape index (κ1) is 24.9. The van der Waals surface area contributed by atoms with Gasteiger partial charge in [-0.1, -0.05) is 26.0 Å². The van der Waals surface area contributed by atoms with Crippen LogP contribution in [0.1, 0.15) is 37.4 Å². The maximum Gasteiger partial charge on any atom is 0.295 e. The van der Waals surface area contributed by atoms with E-state index in [1.165, 1.54) is 36.3 Å². The van der Waals surface area contributed by atoms with E-state index in [0.29, 0.717) is 29.8 Å². The SMILES string of the molecule is CCN(CC)CCCN1C(=O)C(=O)/C(=C(/O)c2cccc(OC)c2)[C@H]1c1ccc([N+](=O)[O-])cc1. The van der Waals surface area contributed by atoms with Crippen LogP contribution in [0.5, 0.6) is 5.75 Å². The lowest BCUT2D eigenvalue weighted by molar-refractivity contribution is -0.384. The molecule has 1 N–H and O–H groups in total. The number of hydrogen-bond acceptors (Lipinski definition) is 7. The number of hydrogen-bond donors (Lipinski definition) is 1. The Morgan fingerprint density at radius 1 is 1.15 bits per heavy atom. The van der Waals surface area contributed by atoms with Crippen molar-refractivity contribution in [2.75, 3.05) is 33.3 Å². The third-order valence-corrected chi connectivity index (χ3v) is 6.07. The summed E-state index contributed by atoms with van der Waals surface area (Å²) in [5.41, 5.74) is 0.703. The van der Waals surface area contributed by atoms with E-state index in [-0.39, 0.29) is 17.0 Å². The zero-order chi connectivity index (χ0) is 24.8. The number of methoxy groups -OCH3 is 1. The van der Waals surface area contributed by atoms with Crippen molar-refractivity contribution in [2.45, 2.75) is 26.3 Å². The van der Waals surface area contributed by atoms with E-state index in [0.717, 1.165) is 19.6 Å². The van der Waals surface area contributed by atoms with Crippen LogP contribution >= 0.6 is 0 Å². The Kier molecular flexibility index (Phi) is 8.01. The van der Waals surface area contributed by atoms with Crippen molar-refractivity contribution in [1.82, 2.24) is 9.80 Å². The summed E-state index contributed by atoms with van der Waals surface area (Å²) in [6.45, 7) is 6.91. The molecule has 1 amide bonds. The van der Waals surface area contributed by atoms with E-state index in [4.69, 9.17) is 4.74 Å². The minimum atomic E-state index is -0.858. The van der Waals surface area contributed by atoms with Crippen LogP contribution in [0.25, 0.3) is 5.76 Å². The van der Waals surface area contributed by atoms with Crippen LogP contribution in [0.2, 0.25) is 0 Å². The lowest BCUT2D eigenvalue weighted by Crippen LogP contribution is -2.33. The van der Waals surface area contributed by atoms with Crippen LogP contribution in [0, 0.1) is 10.1 Å². The van der Waals surface area contributed by atoms with Gasteiger partial charge in [0.2, 0.25) is 0 Å². The molecule has 1 fully saturated rings. The van der Waals surface area contributed by atoms with Crippen LogP contribution in [0.3, 0.4) is 0 Å². The Labute approximate surface area is 198 Å². The van der Waals surface area contributed by atoms with Crippen LogP contribution in [0.15, 0.2) is 54.1 Å². The first-order chi connectivity index (χ1) is 16.3. The maximum atomic E-state index is 13.1. The van der Waals surface area contributed by atoms with Crippen LogP contribution in [0.4, 0.5) is 5.69 Å². The van der Waals surface area contributed by atoms with E-state index in [2.05, 4.69) is 18.7 Å². The molecule has 9 nitrogen and oxygen atoms in total. The Balaban J connectivity index is 2.06. The highest BCUT2D eigenvalue weighted by Crippen LogP contribution is 2.40. The zero-order valence-electron chi connectivity index (χ0n) is 19.6. The van der Waals surface area contributed by atoms with Crippen LogP contribution in [-0.4, -0.2) is 64.8 Å². The van der Waals surface area contributed by atoms with Gasteiger partial charge in [-0.15, -0.1) is 0 Å². The lowest BCUT2D eigenvalue weighted by atomic mass is 9.95. The number of nitro benzene ring substituents is 1. The van der Waals surface area contributed by atoms with Crippen molar-refractivity contribution in [3.05, 3.63) is 75.3 Å². The highest BCUT2D eigenvalue weighted by Gasteiger charge is 2.45. The molecule has 0 unspecified atom stereocenters. The second-order valence-corrected chi connectivity index (χ2v) is 7.95. The number of rotatable bonds is 10. The summed E-state index contributed by atoms with van der Waals surface area (Å²) in [4.78, 5) is 40.4. The third kappa shape index (κ3) is 5.09. The van der Waals surface area contributed by atoms with Gasteiger partial charge in [0.1, 0.15) is 11.5 Å². The van der Waals surface area contributed by atoms with Gasteiger partial charge in [-0.25, -0.2) is 0 Å². The number of ether oxygens (including phenoxy) is 1. The van der Waals surface area contributed by atoms with E-state index in [9.17, 15) is 24.8 Å². The summed E-state index contributed by atoms with van der Waals surface area (Å²) in [7, 11) is 1.49. The molecule has 1 aliphatic rings. The summed E-state index contributed by atoms with van der Waals surface area (Å²) in [5, 5.41) is 22.2. The van der Waals surface area contributed by atoms with E-state index in [1.807, 2.05) is 0 Å². The Bertz CT molecular complexity index is 1090. The van der Waals surface area contributed by atoms with Gasteiger partial charge in [-0.05, 0) is 55.9 Å². The van der Waals surface area contributed by atoms with Crippen molar-refractivity contribution in [3.8, 4) is 5.75 Å². The van der Waals surface area contributed by atoms with Gasteiger partial charge in [-0.3, -0.25) is 19.7 Å². The minimum absolute atomic E-state index is 0.0463. The molecule has 34 heavy (non-hydrogen) atoms. The highest BCUT2D eigenvalue weighted by molar-refractivity contribution is 6.46. The van der Waals surface area contributed by atoms with E-state index >= 15 is 0 Å². The second kappa shape index (κ2) is 10.9. The fourth-order valence-electron chi connectivity index (χ4n) is 4.17. The topological polar surface area (TPSA) is 113 Å². The molecule has 0 spiro atoms. The number of nitro groups is 1. The Morgan fingerprint density at radius 3 is 2.41 bits per heavy atom. The van der Waals surface area contributed by atoms with Crippen molar-refractivity contribution in [1.29, 1.82) is 0 Å². The number of Topliss-reactive ketones (excluding diaryl/α,β-unsaturated/α-hetero) is 1. The largest absolute Gasteiger partial charge is 0.507 e. The molecular weight excluding hydrogens is 438 g/mol. The van der Waals surface area contributed by atoms with Crippen molar-refractivity contribution < 1.29 is 24.4 Å². The predicted molar refractivity (Wildman–Crippen MR) is 128 cm³/mol. The van der Waals surface area contributed by atoms with Gasteiger partial charge in [0.25, 0.3) is 17.4 Å². The highest BCUT2D eigenvalue weighted by atomic mass is 16.6. The van der Waals surface area contributed by atoms with Gasteiger partial charge >= 0.3 is 0 Å². The van der Waals surface area contributed by atoms with Gasteiger partial charge in [0.15, 0.2) is 0 Å². The summed E-state index contributed by atoms with van der Waals surface area (Å²) in [6.07, 6.45) is 0.636. The van der Waals surface area contributed by atoms with Gasteiger partial charge in [0.05, 0.1) is 23.6 Å². The third-order valence-electron chi connectivity index (χ3n) is 6.07. The monoisotopic (exact) mass is 467 g/mol. The normalized spacial score (nSPS) is 17.4. The Hall–Kier alpha value is -3.72. The molecule has 2 aromatic carbocycles. The molecule has 1 heterocycles. The van der Waals surface area contributed by atoms with Gasteiger partial charge < -0.3 is 19.6 Å². The number of amides is 1. The molecule has 0 radical (unpaired) electrons. The summed E-state index contributed by atoms with van der Waals surface area (Å²) >= 11 is 0. The summed E-state index contributed by atoms with van der Waals surface area (Å²) in [5.74, 6) is -1.31. The fourth-order valence-corrected chi connectivity index (χ4v) is 4.17. The number of carbonyl (C=O) groups excluding carboxylic acids is 2. The number of aliphatic hydroxyl groups is 1. The van der Waals surface area contributed by atoms with Crippen molar-refractivity contribution in [3.63, 3.8) is 0 Å². The summed E-state index contributed by atoms with van der Waals surface area (Å²) < 4.78 is 5.22. The molecule has 0 saturated carbocycles. The minimum Gasteiger partial charge on any atom is -0.507 e. The van der Waals surface area contributed by atoms with Crippen LogP contribution < -0.4 is 4.74 Å². The van der Waals surface area contributed by atoms with E-state index in [1.54, 1.807) is 24.3 Å².